The van der Waals surface area contributed by atoms with Gasteiger partial charge in [0.2, 0.25) is 0 Å². The smallest absolute Gasteiger partial charge is 0.289 e. The predicted molar refractivity (Wildman–Crippen MR) is 89.7 cm³/mol. The van der Waals surface area contributed by atoms with E-state index >= 15 is 0 Å². The molecule has 3 aromatic rings. The van der Waals surface area contributed by atoms with E-state index in [0.717, 1.165) is 10.2 Å². The van der Waals surface area contributed by atoms with Crippen LogP contribution < -0.4 is 4.80 Å². The molecule has 3 nitrogen and oxygen atoms in total. The fourth-order valence-corrected chi connectivity index (χ4v) is 4.42. The van der Waals surface area contributed by atoms with Crippen LogP contribution in [0.4, 0.5) is 0 Å². The molecule has 0 saturated heterocycles. The van der Waals surface area contributed by atoms with Gasteiger partial charge in [-0.05, 0) is 31.2 Å². The molecular formula is C14H10Cl2N2OS2. The lowest BCUT2D eigenvalue weighted by atomic mass is 10.3. The molecule has 0 aliphatic carbocycles. The second-order valence-corrected chi connectivity index (χ2v) is 7.37. The van der Waals surface area contributed by atoms with Gasteiger partial charge in [-0.2, -0.15) is 4.99 Å². The van der Waals surface area contributed by atoms with Crippen LogP contribution in [0.3, 0.4) is 0 Å². The van der Waals surface area contributed by atoms with Crippen LogP contribution in [-0.2, 0) is 6.54 Å². The number of thiophene rings is 1. The summed E-state index contributed by atoms with van der Waals surface area (Å²) < 4.78 is 3.55. The molecule has 0 aliphatic heterocycles. The zero-order valence-electron chi connectivity index (χ0n) is 11.0. The molecule has 21 heavy (non-hydrogen) atoms. The van der Waals surface area contributed by atoms with E-state index in [1.807, 2.05) is 29.7 Å². The zero-order chi connectivity index (χ0) is 15.0. The van der Waals surface area contributed by atoms with Gasteiger partial charge in [0.05, 0.1) is 24.5 Å². The summed E-state index contributed by atoms with van der Waals surface area (Å²) in [5, 5.41) is 0.665. The Kier molecular flexibility index (Phi) is 4.17. The molecule has 0 bridgehead atoms. The number of aryl methyl sites for hydroxylation is 1. The molecule has 0 radical (unpaired) electrons. The predicted octanol–water partition coefficient (Wildman–Crippen LogP) is 4.83. The second kappa shape index (κ2) is 5.93. The van der Waals surface area contributed by atoms with Gasteiger partial charge in [-0.15, -0.1) is 11.3 Å². The highest BCUT2D eigenvalue weighted by Gasteiger charge is 2.11. The quantitative estimate of drug-likeness (QED) is 0.647. The number of benzene rings is 1. The van der Waals surface area contributed by atoms with Crippen molar-refractivity contribution in [3.63, 3.8) is 0 Å². The van der Waals surface area contributed by atoms with Crippen LogP contribution in [0.1, 0.15) is 16.6 Å². The monoisotopic (exact) mass is 356 g/mol. The number of thiazole rings is 1. The summed E-state index contributed by atoms with van der Waals surface area (Å²) in [5.74, 6) is -0.281. The lowest BCUT2D eigenvalue weighted by molar-refractivity contribution is 0.100. The average molecular weight is 357 g/mol. The Morgan fingerprint density at radius 1 is 1.24 bits per heavy atom. The number of para-hydroxylation sites is 1. The summed E-state index contributed by atoms with van der Waals surface area (Å²) in [4.78, 5) is 17.6. The fraction of sp³-hybridized carbons (Fsp3) is 0.143. The molecule has 0 unspecified atom stereocenters. The number of carbonyl (C=O) groups excluding carboxylic acids is 1. The van der Waals surface area contributed by atoms with Gasteiger partial charge in [-0.1, -0.05) is 40.6 Å². The lowest BCUT2D eigenvalue weighted by Crippen LogP contribution is -2.15. The van der Waals surface area contributed by atoms with Crippen LogP contribution in [-0.4, -0.2) is 10.5 Å². The van der Waals surface area contributed by atoms with Crippen molar-refractivity contribution in [2.45, 2.75) is 13.5 Å². The van der Waals surface area contributed by atoms with Gasteiger partial charge in [0.1, 0.15) is 0 Å². The van der Waals surface area contributed by atoms with Crippen molar-refractivity contribution in [2.75, 3.05) is 0 Å². The molecule has 0 saturated carbocycles. The van der Waals surface area contributed by atoms with Crippen LogP contribution in [0.5, 0.6) is 0 Å². The van der Waals surface area contributed by atoms with Crippen LogP contribution in [0.15, 0.2) is 35.3 Å². The topological polar surface area (TPSA) is 34.4 Å². The van der Waals surface area contributed by atoms with E-state index in [9.17, 15) is 4.79 Å². The standard InChI is InChI=1S/C14H10Cl2N2OS2/c1-2-18-12-8(15)4-3-5-9(12)21-14(18)17-13(19)10-6-7-11(16)20-10/h3-7H,2H2,1H3. The molecule has 0 spiro atoms. The number of halogens is 2. The van der Waals surface area contributed by atoms with Crippen LogP contribution in [0.25, 0.3) is 10.2 Å². The normalized spacial score (nSPS) is 12.2. The number of rotatable bonds is 2. The Morgan fingerprint density at radius 3 is 2.71 bits per heavy atom. The summed E-state index contributed by atoms with van der Waals surface area (Å²) in [6, 6.07) is 9.10. The Morgan fingerprint density at radius 2 is 2.05 bits per heavy atom. The second-order valence-electron chi connectivity index (χ2n) is 4.24. The highest BCUT2D eigenvalue weighted by atomic mass is 35.5. The first-order valence-corrected chi connectivity index (χ1v) is 8.61. The SMILES string of the molecule is CCn1c(=NC(=O)c2ccc(Cl)s2)sc2cccc(Cl)c21. The Hall–Kier alpha value is -1.14. The molecule has 3 rings (SSSR count). The highest BCUT2D eigenvalue weighted by molar-refractivity contribution is 7.18. The molecule has 0 atom stereocenters. The Bertz CT molecular complexity index is 892. The first-order chi connectivity index (χ1) is 10.1. The molecule has 1 aromatic carbocycles. The maximum Gasteiger partial charge on any atom is 0.289 e. The number of fused-ring (bicyclic) bond motifs is 1. The van der Waals surface area contributed by atoms with E-state index in [0.29, 0.717) is 25.6 Å². The summed E-state index contributed by atoms with van der Waals surface area (Å²) in [5.41, 5.74) is 0.919. The number of carbonyl (C=O) groups is 1. The molecule has 0 aliphatic rings. The molecule has 2 aromatic heterocycles. The van der Waals surface area contributed by atoms with Gasteiger partial charge in [-0.25, -0.2) is 0 Å². The van der Waals surface area contributed by atoms with Crippen molar-refractivity contribution in [2.24, 2.45) is 4.99 Å². The first-order valence-electron chi connectivity index (χ1n) is 6.22. The number of amides is 1. The van der Waals surface area contributed by atoms with Gasteiger partial charge < -0.3 is 4.57 Å². The van der Waals surface area contributed by atoms with E-state index in [2.05, 4.69) is 4.99 Å². The van der Waals surface area contributed by atoms with E-state index < -0.39 is 0 Å². The fourth-order valence-electron chi connectivity index (χ4n) is 2.04. The summed E-state index contributed by atoms with van der Waals surface area (Å²) in [6.45, 7) is 2.70. The third-order valence-corrected chi connectivity index (χ3v) is 5.52. The van der Waals surface area contributed by atoms with Crippen LogP contribution in [0.2, 0.25) is 9.36 Å². The minimum absolute atomic E-state index is 0.281. The molecule has 0 N–H and O–H groups in total. The highest BCUT2D eigenvalue weighted by Crippen LogP contribution is 2.26. The molecule has 2 heterocycles. The van der Waals surface area contributed by atoms with Gasteiger partial charge in [0.15, 0.2) is 4.80 Å². The van der Waals surface area contributed by atoms with Crippen LogP contribution >= 0.6 is 45.9 Å². The van der Waals surface area contributed by atoms with E-state index in [1.54, 1.807) is 12.1 Å². The summed E-state index contributed by atoms with van der Waals surface area (Å²) >= 11 is 14.8. The average Bonchev–Trinajstić information content (AvgIpc) is 3.03. The molecule has 108 valence electrons. The van der Waals surface area contributed by atoms with E-state index in [4.69, 9.17) is 23.2 Å². The van der Waals surface area contributed by atoms with Crippen molar-refractivity contribution in [3.8, 4) is 0 Å². The maximum absolute atomic E-state index is 12.2. The molecule has 7 heteroatoms. The largest absolute Gasteiger partial charge is 0.315 e. The lowest BCUT2D eigenvalue weighted by Gasteiger charge is -2.01. The molecule has 0 fully saturated rings. The minimum atomic E-state index is -0.281. The van der Waals surface area contributed by atoms with Crippen molar-refractivity contribution in [3.05, 3.63) is 49.4 Å². The number of nitrogens with zero attached hydrogens (tertiary/aromatic N) is 2. The van der Waals surface area contributed by atoms with E-state index in [1.165, 1.54) is 22.7 Å². The molecular weight excluding hydrogens is 347 g/mol. The van der Waals surface area contributed by atoms with E-state index in [-0.39, 0.29) is 5.91 Å². The summed E-state index contributed by atoms with van der Waals surface area (Å²) in [6.07, 6.45) is 0. The third-order valence-electron chi connectivity index (χ3n) is 2.95. The zero-order valence-corrected chi connectivity index (χ0v) is 14.1. The Labute approximate surface area is 139 Å². The summed E-state index contributed by atoms with van der Waals surface area (Å²) in [7, 11) is 0. The number of hydrogen-bond acceptors (Lipinski definition) is 3. The van der Waals surface area contributed by atoms with Crippen molar-refractivity contribution in [1.82, 2.24) is 4.57 Å². The Balaban J connectivity index is 2.18. The molecule has 1 amide bonds. The van der Waals surface area contributed by atoms with Gasteiger partial charge in [0, 0.05) is 6.54 Å². The minimum Gasteiger partial charge on any atom is -0.315 e. The first kappa shape index (κ1) is 14.8. The maximum atomic E-state index is 12.2. The van der Waals surface area contributed by atoms with Gasteiger partial charge in [-0.3, -0.25) is 4.79 Å². The number of hydrogen-bond donors (Lipinski definition) is 0. The van der Waals surface area contributed by atoms with Crippen molar-refractivity contribution < 1.29 is 4.79 Å². The van der Waals surface area contributed by atoms with Crippen molar-refractivity contribution >= 4 is 62.0 Å². The van der Waals surface area contributed by atoms with Crippen molar-refractivity contribution in [1.29, 1.82) is 0 Å². The number of aromatic nitrogens is 1. The van der Waals surface area contributed by atoms with Gasteiger partial charge >= 0.3 is 0 Å². The van der Waals surface area contributed by atoms with Gasteiger partial charge in [0.25, 0.3) is 5.91 Å². The van der Waals surface area contributed by atoms with Crippen LogP contribution in [0, 0.1) is 0 Å². The third kappa shape index (κ3) is 2.79.